The fraction of sp³-hybridized carbons (Fsp3) is 0.429. The van der Waals surface area contributed by atoms with Crippen LogP contribution in [0.5, 0.6) is 0 Å². The minimum atomic E-state index is 0.225. The Balaban J connectivity index is 2.02. The number of halogens is 1. The van der Waals surface area contributed by atoms with Crippen LogP contribution in [-0.2, 0) is 4.74 Å². The van der Waals surface area contributed by atoms with E-state index in [0.29, 0.717) is 6.04 Å². The zero-order valence-electron chi connectivity index (χ0n) is 10.8. The molecule has 1 aliphatic heterocycles. The van der Waals surface area contributed by atoms with Crippen LogP contribution < -0.4 is 4.90 Å². The van der Waals surface area contributed by atoms with Gasteiger partial charge in [0.25, 0.3) is 0 Å². The number of nitrogens with zero attached hydrogens (tertiary/aromatic N) is 3. The molecule has 0 bridgehead atoms. The number of anilines is 1. The highest BCUT2D eigenvalue weighted by atomic mass is 79.9. The van der Waals surface area contributed by atoms with Crippen LogP contribution in [0.4, 0.5) is 5.69 Å². The Morgan fingerprint density at radius 3 is 3.11 bits per heavy atom. The molecule has 0 spiro atoms. The van der Waals surface area contributed by atoms with Crippen molar-refractivity contribution < 1.29 is 4.74 Å². The second-order valence-electron chi connectivity index (χ2n) is 4.86. The molecular weight excluding hydrogens is 306 g/mol. The SMILES string of the molecule is CC1COC(CBr)CN1c1cnnc2ccccc12. The van der Waals surface area contributed by atoms with Gasteiger partial charge in [-0.25, -0.2) is 0 Å². The summed E-state index contributed by atoms with van der Waals surface area (Å²) in [5.74, 6) is 0. The number of ether oxygens (including phenoxy) is 1. The number of fused-ring (bicyclic) bond motifs is 1. The Bertz CT molecular complexity index is 572. The van der Waals surface area contributed by atoms with Gasteiger partial charge in [0, 0.05) is 23.3 Å². The lowest BCUT2D eigenvalue weighted by Gasteiger charge is -2.39. The quantitative estimate of drug-likeness (QED) is 0.797. The lowest BCUT2D eigenvalue weighted by atomic mass is 10.1. The van der Waals surface area contributed by atoms with Crippen molar-refractivity contribution in [1.82, 2.24) is 10.2 Å². The van der Waals surface area contributed by atoms with Gasteiger partial charge in [0.2, 0.25) is 0 Å². The van der Waals surface area contributed by atoms with E-state index in [1.807, 2.05) is 24.4 Å². The Hall–Kier alpha value is -1.20. The molecule has 19 heavy (non-hydrogen) atoms. The molecule has 0 amide bonds. The van der Waals surface area contributed by atoms with Crippen LogP contribution in [0.3, 0.4) is 0 Å². The molecule has 3 rings (SSSR count). The number of alkyl halides is 1. The average Bonchev–Trinajstić information content (AvgIpc) is 2.47. The maximum absolute atomic E-state index is 5.78. The van der Waals surface area contributed by atoms with Crippen LogP contribution in [-0.4, -0.2) is 40.8 Å². The first-order chi connectivity index (χ1) is 9.29. The summed E-state index contributed by atoms with van der Waals surface area (Å²) >= 11 is 3.50. The molecule has 0 N–H and O–H groups in total. The molecule has 2 aromatic rings. The van der Waals surface area contributed by atoms with Gasteiger partial charge in [0.15, 0.2) is 0 Å². The van der Waals surface area contributed by atoms with Crippen LogP contribution in [0.15, 0.2) is 30.5 Å². The molecule has 1 aromatic heterocycles. The van der Waals surface area contributed by atoms with Crippen molar-refractivity contribution >= 4 is 32.5 Å². The van der Waals surface area contributed by atoms with Gasteiger partial charge in [-0.15, -0.1) is 0 Å². The van der Waals surface area contributed by atoms with Crippen molar-refractivity contribution in [3.8, 4) is 0 Å². The largest absolute Gasteiger partial charge is 0.373 e. The van der Waals surface area contributed by atoms with Crippen molar-refractivity contribution in [3.63, 3.8) is 0 Å². The fourth-order valence-electron chi connectivity index (χ4n) is 2.47. The van der Waals surface area contributed by atoms with Gasteiger partial charge in [0.05, 0.1) is 30.1 Å². The monoisotopic (exact) mass is 321 g/mol. The summed E-state index contributed by atoms with van der Waals surface area (Å²) in [5, 5.41) is 10.3. The van der Waals surface area contributed by atoms with Crippen LogP contribution in [0.2, 0.25) is 0 Å². The topological polar surface area (TPSA) is 38.2 Å². The second kappa shape index (κ2) is 5.43. The van der Waals surface area contributed by atoms with E-state index in [-0.39, 0.29) is 6.10 Å². The number of morpholine rings is 1. The van der Waals surface area contributed by atoms with Gasteiger partial charge in [-0.1, -0.05) is 34.1 Å². The van der Waals surface area contributed by atoms with Crippen molar-refractivity contribution in [2.75, 3.05) is 23.4 Å². The predicted molar refractivity (Wildman–Crippen MR) is 79.9 cm³/mol. The minimum absolute atomic E-state index is 0.225. The molecule has 1 aromatic carbocycles. The van der Waals surface area contributed by atoms with Gasteiger partial charge in [0.1, 0.15) is 0 Å². The molecule has 5 heteroatoms. The van der Waals surface area contributed by atoms with E-state index in [0.717, 1.165) is 35.1 Å². The lowest BCUT2D eigenvalue weighted by molar-refractivity contribution is 0.0381. The van der Waals surface area contributed by atoms with E-state index in [1.165, 1.54) is 0 Å². The predicted octanol–water partition coefficient (Wildman–Crippen LogP) is 2.62. The Morgan fingerprint density at radius 1 is 1.42 bits per heavy atom. The standard InChI is InChI=1S/C14H16BrN3O/c1-10-9-19-11(6-15)8-18(10)14-7-16-17-13-5-3-2-4-12(13)14/h2-5,7,10-11H,6,8-9H2,1H3. The molecule has 2 unspecified atom stereocenters. The first kappa shape index (κ1) is 12.8. The van der Waals surface area contributed by atoms with Crippen molar-refractivity contribution in [2.45, 2.75) is 19.1 Å². The highest BCUT2D eigenvalue weighted by Crippen LogP contribution is 2.28. The third kappa shape index (κ3) is 2.44. The van der Waals surface area contributed by atoms with Gasteiger partial charge in [-0.2, -0.15) is 10.2 Å². The molecule has 1 fully saturated rings. The van der Waals surface area contributed by atoms with Crippen molar-refractivity contribution in [1.29, 1.82) is 0 Å². The summed E-state index contributed by atoms with van der Waals surface area (Å²) in [6.45, 7) is 3.80. The molecule has 0 radical (unpaired) electrons. The molecule has 100 valence electrons. The highest BCUT2D eigenvalue weighted by molar-refractivity contribution is 9.09. The first-order valence-electron chi connectivity index (χ1n) is 6.44. The first-order valence-corrected chi connectivity index (χ1v) is 7.56. The molecule has 0 aliphatic carbocycles. The van der Waals surface area contributed by atoms with Gasteiger partial charge in [-0.3, -0.25) is 0 Å². The molecule has 2 atom stereocenters. The van der Waals surface area contributed by atoms with Gasteiger partial charge >= 0.3 is 0 Å². The van der Waals surface area contributed by atoms with E-state index in [2.05, 4.69) is 44.0 Å². The normalized spacial score (nSPS) is 23.8. The van der Waals surface area contributed by atoms with Crippen molar-refractivity contribution in [3.05, 3.63) is 30.5 Å². The number of aromatic nitrogens is 2. The maximum atomic E-state index is 5.78. The Kier molecular flexibility index (Phi) is 3.66. The smallest absolute Gasteiger partial charge is 0.0950 e. The molecular formula is C14H16BrN3O. The summed E-state index contributed by atoms with van der Waals surface area (Å²) in [6.07, 6.45) is 2.08. The summed E-state index contributed by atoms with van der Waals surface area (Å²) < 4.78 is 5.78. The molecule has 1 aliphatic rings. The molecule has 4 nitrogen and oxygen atoms in total. The van der Waals surface area contributed by atoms with Crippen LogP contribution in [0, 0.1) is 0 Å². The number of hydrogen-bond donors (Lipinski definition) is 0. The number of hydrogen-bond acceptors (Lipinski definition) is 4. The maximum Gasteiger partial charge on any atom is 0.0950 e. The summed E-state index contributed by atoms with van der Waals surface area (Å²) in [5.41, 5.74) is 2.08. The summed E-state index contributed by atoms with van der Waals surface area (Å²) in [7, 11) is 0. The highest BCUT2D eigenvalue weighted by Gasteiger charge is 2.26. The molecule has 2 heterocycles. The summed E-state index contributed by atoms with van der Waals surface area (Å²) in [4.78, 5) is 2.37. The van der Waals surface area contributed by atoms with E-state index in [4.69, 9.17) is 4.74 Å². The second-order valence-corrected chi connectivity index (χ2v) is 5.51. The van der Waals surface area contributed by atoms with E-state index < -0.39 is 0 Å². The summed E-state index contributed by atoms with van der Waals surface area (Å²) in [6, 6.07) is 8.48. The van der Waals surface area contributed by atoms with Crippen LogP contribution in [0.25, 0.3) is 10.9 Å². The molecule has 1 saturated heterocycles. The van der Waals surface area contributed by atoms with Crippen LogP contribution in [0.1, 0.15) is 6.92 Å². The lowest BCUT2D eigenvalue weighted by Crippen LogP contribution is -2.49. The zero-order valence-corrected chi connectivity index (χ0v) is 12.4. The van der Waals surface area contributed by atoms with E-state index in [9.17, 15) is 0 Å². The zero-order chi connectivity index (χ0) is 13.2. The third-order valence-electron chi connectivity index (χ3n) is 3.51. The Morgan fingerprint density at radius 2 is 2.26 bits per heavy atom. The molecule has 0 saturated carbocycles. The van der Waals surface area contributed by atoms with E-state index >= 15 is 0 Å². The number of benzene rings is 1. The van der Waals surface area contributed by atoms with Gasteiger partial charge in [-0.05, 0) is 13.0 Å². The minimum Gasteiger partial charge on any atom is -0.373 e. The Labute approximate surface area is 120 Å². The van der Waals surface area contributed by atoms with Gasteiger partial charge < -0.3 is 9.64 Å². The average molecular weight is 322 g/mol. The fourth-order valence-corrected chi connectivity index (χ4v) is 2.86. The van der Waals surface area contributed by atoms with Crippen molar-refractivity contribution in [2.24, 2.45) is 0 Å². The number of rotatable bonds is 2. The third-order valence-corrected chi connectivity index (χ3v) is 4.23. The van der Waals surface area contributed by atoms with Crippen LogP contribution >= 0.6 is 15.9 Å². The van der Waals surface area contributed by atoms with E-state index in [1.54, 1.807) is 0 Å².